The highest BCUT2D eigenvalue weighted by Gasteiger charge is 2.66. The molecule has 3 fully saturated rings. The average molecular weight is 271 g/mol. The lowest BCUT2D eigenvalue weighted by atomic mass is 9.93. The summed E-state index contributed by atoms with van der Waals surface area (Å²) in [7, 11) is 0. The minimum absolute atomic E-state index is 0.244. The Morgan fingerprint density at radius 2 is 1.80 bits per heavy atom. The van der Waals surface area contributed by atoms with Crippen molar-refractivity contribution in [3.8, 4) is 5.75 Å². The molecule has 5 unspecified atom stereocenters. The normalized spacial score (nSPS) is 38.6. The number of hydrogen-bond acceptors (Lipinski definition) is 2. The zero-order chi connectivity index (χ0) is 13.7. The number of rotatable bonds is 5. The van der Waals surface area contributed by atoms with Gasteiger partial charge in [0, 0.05) is 6.04 Å². The van der Waals surface area contributed by atoms with Crippen LogP contribution < -0.4 is 10.5 Å². The smallest absolute Gasteiger partial charge is 0.119 e. The Labute approximate surface area is 121 Å². The van der Waals surface area contributed by atoms with Crippen LogP contribution in [0.2, 0.25) is 0 Å². The van der Waals surface area contributed by atoms with Gasteiger partial charge in [0.05, 0.1) is 6.61 Å². The Kier molecular flexibility index (Phi) is 3.03. The summed E-state index contributed by atoms with van der Waals surface area (Å²) in [5.74, 6) is 5.67. The fraction of sp³-hybridized carbons (Fsp3) is 0.667. The van der Waals surface area contributed by atoms with E-state index >= 15 is 0 Å². The summed E-state index contributed by atoms with van der Waals surface area (Å²) in [5, 5.41) is 0. The van der Waals surface area contributed by atoms with Crippen LogP contribution in [0, 0.1) is 29.6 Å². The third-order valence-corrected chi connectivity index (χ3v) is 5.95. The maximum absolute atomic E-state index is 6.55. The van der Waals surface area contributed by atoms with Crippen molar-refractivity contribution in [2.75, 3.05) is 6.61 Å². The van der Waals surface area contributed by atoms with Crippen LogP contribution in [0.4, 0.5) is 0 Å². The van der Waals surface area contributed by atoms with Crippen molar-refractivity contribution in [2.45, 2.75) is 38.6 Å². The van der Waals surface area contributed by atoms with Gasteiger partial charge in [-0.1, -0.05) is 19.1 Å². The molecule has 1 aromatic carbocycles. The minimum Gasteiger partial charge on any atom is -0.494 e. The van der Waals surface area contributed by atoms with Gasteiger partial charge in [-0.15, -0.1) is 0 Å². The summed E-state index contributed by atoms with van der Waals surface area (Å²) in [4.78, 5) is 0. The van der Waals surface area contributed by atoms with E-state index < -0.39 is 0 Å². The van der Waals surface area contributed by atoms with Crippen LogP contribution in [0.5, 0.6) is 5.75 Å². The SMILES string of the molecule is CCCOc1ccc(C(N)C2C3C4CCC(C4)C32)cc1. The van der Waals surface area contributed by atoms with Gasteiger partial charge >= 0.3 is 0 Å². The van der Waals surface area contributed by atoms with E-state index in [1.807, 2.05) is 0 Å². The summed E-state index contributed by atoms with van der Waals surface area (Å²) in [6.45, 7) is 2.92. The molecule has 108 valence electrons. The zero-order valence-corrected chi connectivity index (χ0v) is 12.3. The van der Waals surface area contributed by atoms with Gasteiger partial charge in [0.1, 0.15) is 5.75 Å². The molecule has 3 aliphatic rings. The molecule has 0 aliphatic heterocycles. The minimum atomic E-state index is 0.244. The molecule has 0 amide bonds. The number of nitrogens with two attached hydrogens (primary N) is 1. The molecule has 0 heterocycles. The first-order valence-corrected chi connectivity index (χ1v) is 8.28. The molecule has 4 rings (SSSR count). The van der Waals surface area contributed by atoms with Crippen LogP contribution in [0.15, 0.2) is 24.3 Å². The van der Waals surface area contributed by atoms with Crippen molar-refractivity contribution in [1.82, 2.24) is 0 Å². The highest BCUT2D eigenvalue weighted by molar-refractivity contribution is 5.31. The average Bonchev–Trinajstić information content (AvgIpc) is 2.92. The molecule has 2 nitrogen and oxygen atoms in total. The molecular formula is C18H25NO. The van der Waals surface area contributed by atoms with Crippen molar-refractivity contribution in [3.05, 3.63) is 29.8 Å². The quantitative estimate of drug-likeness (QED) is 0.885. The Bertz CT molecular complexity index is 467. The second-order valence-corrected chi connectivity index (χ2v) is 7.01. The Morgan fingerprint density at radius 3 is 2.40 bits per heavy atom. The third kappa shape index (κ3) is 1.88. The number of hydrogen-bond donors (Lipinski definition) is 1. The molecule has 2 bridgehead atoms. The molecule has 5 atom stereocenters. The predicted molar refractivity (Wildman–Crippen MR) is 80.5 cm³/mol. The number of ether oxygens (including phenoxy) is 1. The third-order valence-electron chi connectivity index (χ3n) is 5.95. The Morgan fingerprint density at radius 1 is 1.15 bits per heavy atom. The van der Waals surface area contributed by atoms with Crippen LogP contribution in [0.3, 0.4) is 0 Å². The molecule has 0 aromatic heterocycles. The highest BCUT2D eigenvalue weighted by atomic mass is 16.5. The first-order valence-electron chi connectivity index (χ1n) is 8.28. The summed E-state index contributed by atoms with van der Waals surface area (Å²) in [6, 6.07) is 8.75. The van der Waals surface area contributed by atoms with E-state index in [4.69, 9.17) is 10.5 Å². The monoisotopic (exact) mass is 271 g/mol. The van der Waals surface area contributed by atoms with E-state index in [1.165, 1.54) is 24.8 Å². The molecule has 3 saturated carbocycles. The van der Waals surface area contributed by atoms with E-state index in [2.05, 4.69) is 31.2 Å². The molecule has 2 N–H and O–H groups in total. The molecular weight excluding hydrogens is 246 g/mol. The van der Waals surface area contributed by atoms with E-state index in [9.17, 15) is 0 Å². The first-order chi connectivity index (χ1) is 9.79. The molecule has 3 aliphatic carbocycles. The van der Waals surface area contributed by atoms with Gasteiger partial charge in [-0.2, -0.15) is 0 Å². The molecule has 2 heteroatoms. The van der Waals surface area contributed by atoms with Crippen molar-refractivity contribution < 1.29 is 4.74 Å². The molecule has 0 saturated heterocycles. The Balaban J connectivity index is 1.43. The lowest BCUT2D eigenvalue weighted by Crippen LogP contribution is -2.17. The van der Waals surface area contributed by atoms with E-state index in [-0.39, 0.29) is 6.04 Å². The lowest BCUT2D eigenvalue weighted by molar-refractivity contribution is 0.317. The molecule has 0 radical (unpaired) electrons. The van der Waals surface area contributed by atoms with Crippen molar-refractivity contribution in [2.24, 2.45) is 35.3 Å². The van der Waals surface area contributed by atoms with E-state index in [0.717, 1.165) is 48.4 Å². The van der Waals surface area contributed by atoms with Gasteiger partial charge in [-0.3, -0.25) is 0 Å². The van der Waals surface area contributed by atoms with Crippen LogP contribution >= 0.6 is 0 Å². The summed E-state index contributed by atoms with van der Waals surface area (Å²) in [5.41, 5.74) is 7.85. The first kappa shape index (κ1) is 12.7. The topological polar surface area (TPSA) is 35.2 Å². The fourth-order valence-electron chi connectivity index (χ4n) is 5.10. The maximum Gasteiger partial charge on any atom is 0.119 e. The van der Waals surface area contributed by atoms with Crippen LogP contribution in [-0.2, 0) is 0 Å². The van der Waals surface area contributed by atoms with Crippen molar-refractivity contribution in [3.63, 3.8) is 0 Å². The zero-order valence-electron chi connectivity index (χ0n) is 12.3. The van der Waals surface area contributed by atoms with Gasteiger partial charge in [0.25, 0.3) is 0 Å². The lowest BCUT2D eigenvalue weighted by Gasteiger charge is -2.17. The predicted octanol–water partition coefficient (Wildman–Crippen LogP) is 3.77. The Hall–Kier alpha value is -1.02. The van der Waals surface area contributed by atoms with Crippen molar-refractivity contribution >= 4 is 0 Å². The second-order valence-electron chi connectivity index (χ2n) is 7.01. The molecule has 0 spiro atoms. The van der Waals surface area contributed by atoms with Gasteiger partial charge in [0.15, 0.2) is 0 Å². The number of fused-ring (bicyclic) bond motifs is 5. The highest BCUT2D eigenvalue weighted by Crippen LogP contribution is 2.71. The standard InChI is InChI=1S/C18H25NO/c1-2-9-20-14-7-5-11(6-8-14)18(19)17-15-12-3-4-13(10-12)16(15)17/h5-8,12-13,15-18H,2-4,9-10,19H2,1H3. The van der Waals surface area contributed by atoms with Gasteiger partial charge < -0.3 is 10.5 Å². The van der Waals surface area contributed by atoms with Gasteiger partial charge in [-0.25, -0.2) is 0 Å². The molecule has 1 aromatic rings. The van der Waals surface area contributed by atoms with Crippen LogP contribution in [0.1, 0.15) is 44.2 Å². The van der Waals surface area contributed by atoms with E-state index in [1.54, 1.807) is 0 Å². The summed E-state index contributed by atoms with van der Waals surface area (Å²) >= 11 is 0. The van der Waals surface area contributed by atoms with Gasteiger partial charge in [-0.05, 0) is 73.0 Å². The fourth-order valence-corrected chi connectivity index (χ4v) is 5.10. The maximum atomic E-state index is 6.55. The summed E-state index contributed by atoms with van der Waals surface area (Å²) < 4.78 is 5.64. The molecule has 20 heavy (non-hydrogen) atoms. The van der Waals surface area contributed by atoms with Gasteiger partial charge in [0.2, 0.25) is 0 Å². The number of benzene rings is 1. The van der Waals surface area contributed by atoms with Crippen LogP contribution in [0.25, 0.3) is 0 Å². The van der Waals surface area contributed by atoms with E-state index in [0.29, 0.717) is 0 Å². The van der Waals surface area contributed by atoms with Crippen molar-refractivity contribution in [1.29, 1.82) is 0 Å². The summed E-state index contributed by atoms with van der Waals surface area (Å²) in [6.07, 6.45) is 5.50. The second kappa shape index (κ2) is 4.77. The van der Waals surface area contributed by atoms with Crippen LogP contribution in [-0.4, -0.2) is 6.61 Å². The largest absolute Gasteiger partial charge is 0.494 e.